The third-order valence-electron chi connectivity index (χ3n) is 3.72. The van der Waals surface area contributed by atoms with Crippen molar-refractivity contribution < 1.29 is 23.2 Å². The van der Waals surface area contributed by atoms with E-state index >= 15 is 0 Å². The topological polar surface area (TPSA) is 73.6 Å². The van der Waals surface area contributed by atoms with Crippen molar-refractivity contribution in [3.63, 3.8) is 0 Å². The van der Waals surface area contributed by atoms with Crippen molar-refractivity contribution in [3.05, 3.63) is 71.4 Å². The molecule has 6 nitrogen and oxygen atoms in total. The molecule has 1 heterocycles. The van der Waals surface area contributed by atoms with Gasteiger partial charge in [0.2, 0.25) is 0 Å². The highest BCUT2D eigenvalue weighted by molar-refractivity contribution is 6.03. The van der Waals surface area contributed by atoms with Gasteiger partial charge in [0.1, 0.15) is 29.7 Å². The van der Waals surface area contributed by atoms with Gasteiger partial charge in [0, 0.05) is 5.69 Å². The Labute approximate surface area is 149 Å². The zero-order chi connectivity index (χ0) is 18.5. The second-order valence-electron chi connectivity index (χ2n) is 5.49. The van der Waals surface area contributed by atoms with Crippen molar-refractivity contribution in [2.75, 3.05) is 12.4 Å². The van der Waals surface area contributed by atoms with Gasteiger partial charge in [-0.25, -0.2) is 4.39 Å². The SMILES string of the molecule is COc1ccc(OCc2c(C(=O)Nc3cccc(F)c3)noc2C)cc1. The number of halogens is 1. The van der Waals surface area contributed by atoms with Gasteiger partial charge in [-0.15, -0.1) is 0 Å². The number of nitrogens with zero attached hydrogens (tertiary/aromatic N) is 1. The van der Waals surface area contributed by atoms with Gasteiger partial charge in [-0.1, -0.05) is 11.2 Å². The van der Waals surface area contributed by atoms with Gasteiger partial charge >= 0.3 is 0 Å². The number of carbonyl (C=O) groups is 1. The number of rotatable bonds is 6. The van der Waals surface area contributed by atoms with Crippen LogP contribution in [0.4, 0.5) is 10.1 Å². The molecule has 2 aromatic carbocycles. The van der Waals surface area contributed by atoms with Crippen molar-refractivity contribution in [1.29, 1.82) is 0 Å². The first-order valence-corrected chi connectivity index (χ1v) is 7.85. The van der Waals surface area contributed by atoms with Gasteiger partial charge in [0.25, 0.3) is 5.91 Å². The molecule has 1 amide bonds. The Bertz CT molecular complexity index is 906. The van der Waals surface area contributed by atoms with Crippen molar-refractivity contribution in [1.82, 2.24) is 5.16 Å². The molecule has 0 aliphatic carbocycles. The maximum atomic E-state index is 13.3. The van der Waals surface area contributed by atoms with E-state index in [1.54, 1.807) is 44.4 Å². The van der Waals surface area contributed by atoms with Gasteiger partial charge in [-0.2, -0.15) is 0 Å². The number of hydrogen-bond donors (Lipinski definition) is 1. The average Bonchev–Trinajstić information content (AvgIpc) is 3.01. The predicted octanol–water partition coefficient (Wildman–Crippen LogP) is 3.96. The monoisotopic (exact) mass is 356 g/mol. The highest BCUT2D eigenvalue weighted by atomic mass is 19.1. The number of ether oxygens (including phenoxy) is 2. The fraction of sp³-hybridized carbons (Fsp3) is 0.158. The van der Waals surface area contributed by atoms with Crippen LogP contribution in [0.3, 0.4) is 0 Å². The normalized spacial score (nSPS) is 10.4. The molecule has 0 unspecified atom stereocenters. The van der Waals surface area contributed by atoms with Crippen LogP contribution in [0.1, 0.15) is 21.8 Å². The molecule has 26 heavy (non-hydrogen) atoms. The number of anilines is 1. The number of methoxy groups -OCH3 is 1. The van der Waals surface area contributed by atoms with Gasteiger partial charge in [-0.3, -0.25) is 4.79 Å². The molecule has 0 fully saturated rings. The molecule has 0 radical (unpaired) electrons. The fourth-order valence-electron chi connectivity index (χ4n) is 2.32. The lowest BCUT2D eigenvalue weighted by Crippen LogP contribution is -2.15. The summed E-state index contributed by atoms with van der Waals surface area (Å²) in [6.07, 6.45) is 0. The molecule has 7 heteroatoms. The molecule has 1 N–H and O–H groups in total. The lowest BCUT2D eigenvalue weighted by atomic mass is 10.2. The number of hydrogen-bond acceptors (Lipinski definition) is 5. The van der Waals surface area contributed by atoms with Crippen LogP contribution in [0.5, 0.6) is 11.5 Å². The molecule has 0 spiro atoms. The van der Waals surface area contributed by atoms with Crippen LogP contribution in [0.25, 0.3) is 0 Å². The van der Waals surface area contributed by atoms with E-state index < -0.39 is 11.7 Å². The van der Waals surface area contributed by atoms with Crippen LogP contribution in [0, 0.1) is 12.7 Å². The number of aryl methyl sites for hydroxylation is 1. The first-order valence-electron chi connectivity index (χ1n) is 7.85. The maximum Gasteiger partial charge on any atom is 0.278 e. The summed E-state index contributed by atoms with van der Waals surface area (Å²) in [5.74, 6) is 0.863. The maximum absolute atomic E-state index is 13.3. The largest absolute Gasteiger partial charge is 0.497 e. The Morgan fingerprint density at radius 2 is 1.92 bits per heavy atom. The van der Waals surface area contributed by atoms with Crippen LogP contribution in [-0.4, -0.2) is 18.2 Å². The van der Waals surface area contributed by atoms with Crippen LogP contribution in [-0.2, 0) is 6.61 Å². The van der Waals surface area contributed by atoms with Crippen molar-refractivity contribution in [2.24, 2.45) is 0 Å². The lowest BCUT2D eigenvalue weighted by Gasteiger charge is -2.08. The number of amides is 1. The molecule has 3 rings (SSSR count). The summed E-state index contributed by atoms with van der Waals surface area (Å²) < 4.78 is 29.2. The van der Waals surface area contributed by atoms with Crippen molar-refractivity contribution >= 4 is 11.6 Å². The third-order valence-corrected chi connectivity index (χ3v) is 3.72. The predicted molar refractivity (Wildman–Crippen MR) is 92.9 cm³/mol. The summed E-state index contributed by atoms with van der Waals surface area (Å²) in [6.45, 7) is 1.80. The van der Waals surface area contributed by atoms with E-state index in [1.807, 2.05) is 0 Å². The van der Waals surface area contributed by atoms with Crippen LogP contribution >= 0.6 is 0 Å². The van der Waals surface area contributed by atoms with Crippen molar-refractivity contribution in [2.45, 2.75) is 13.5 Å². The fourth-order valence-corrected chi connectivity index (χ4v) is 2.32. The quantitative estimate of drug-likeness (QED) is 0.724. The molecule has 0 aliphatic rings. The molecule has 134 valence electrons. The Hall–Kier alpha value is -3.35. The van der Waals surface area contributed by atoms with E-state index in [0.717, 1.165) is 0 Å². The first kappa shape index (κ1) is 17.5. The minimum Gasteiger partial charge on any atom is -0.497 e. The van der Waals surface area contributed by atoms with E-state index in [9.17, 15) is 9.18 Å². The van der Waals surface area contributed by atoms with Gasteiger partial charge in [0.15, 0.2) is 5.69 Å². The van der Waals surface area contributed by atoms with E-state index in [4.69, 9.17) is 14.0 Å². The zero-order valence-electron chi connectivity index (χ0n) is 14.3. The number of aromatic nitrogens is 1. The number of nitrogens with one attached hydrogen (secondary N) is 1. The summed E-state index contributed by atoms with van der Waals surface area (Å²) in [5.41, 5.74) is 0.952. The summed E-state index contributed by atoms with van der Waals surface area (Å²) in [5, 5.41) is 6.39. The van der Waals surface area contributed by atoms with E-state index in [-0.39, 0.29) is 12.3 Å². The Morgan fingerprint density at radius 1 is 1.19 bits per heavy atom. The number of benzene rings is 2. The Kier molecular flexibility index (Phi) is 5.17. The van der Waals surface area contributed by atoms with Crippen LogP contribution < -0.4 is 14.8 Å². The lowest BCUT2D eigenvalue weighted by molar-refractivity contribution is 0.101. The molecule has 0 atom stereocenters. The summed E-state index contributed by atoms with van der Waals surface area (Å²) >= 11 is 0. The molecule has 3 aromatic rings. The Morgan fingerprint density at radius 3 is 2.62 bits per heavy atom. The summed E-state index contributed by atoms with van der Waals surface area (Å²) in [6, 6.07) is 12.7. The van der Waals surface area contributed by atoms with Gasteiger partial charge in [-0.05, 0) is 49.4 Å². The summed E-state index contributed by atoms with van der Waals surface area (Å²) in [4.78, 5) is 12.4. The Balaban J connectivity index is 1.72. The minimum atomic E-state index is -0.499. The molecular weight excluding hydrogens is 339 g/mol. The van der Waals surface area contributed by atoms with Gasteiger partial charge in [0.05, 0.1) is 12.7 Å². The standard InChI is InChI=1S/C19H17FN2O4/c1-12-17(11-25-16-8-6-15(24-2)7-9-16)18(22-26-12)19(23)21-14-5-3-4-13(20)10-14/h3-10H,11H2,1-2H3,(H,21,23). The molecule has 1 aromatic heterocycles. The minimum absolute atomic E-state index is 0.0975. The van der Waals surface area contributed by atoms with E-state index in [2.05, 4.69) is 10.5 Å². The molecular formula is C19H17FN2O4. The highest BCUT2D eigenvalue weighted by Crippen LogP contribution is 2.21. The van der Waals surface area contributed by atoms with E-state index in [0.29, 0.717) is 28.5 Å². The smallest absolute Gasteiger partial charge is 0.278 e. The third kappa shape index (κ3) is 4.00. The molecule has 0 aliphatic heterocycles. The zero-order valence-corrected chi connectivity index (χ0v) is 14.3. The van der Waals surface area contributed by atoms with Gasteiger partial charge < -0.3 is 19.3 Å². The van der Waals surface area contributed by atoms with Crippen LogP contribution in [0.2, 0.25) is 0 Å². The van der Waals surface area contributed by atoms with E-state index in [1.165, 1.54) is 18.2 Å². The molecule has 0 saturated heterocycles. The van der Waals surface area contributed by atoms with Crippen molar-refractivity contribution in [3.8, 4) is 11.5 Å². The first-order chi connectivity index (χ1) is 12.6. The highest BCUT2D eigenvalue weighted by Gasteiger charge is 2.20. The van der Waals surface area contributed by atoms with Crippen LogP contribution in [0.15, 0.2) is 53.1 Å². The second kappa shape index (κ2) is 7.69. The molecule has 0 saturated carbocycles. The second-order valence-corrected chi connectivity index (χ2v) is 5.49. The summed E-state index contributed by atoms with van der Waals surface area (Å²) in [7, 11) is 1.58. The average molecular weight is 356 g/mol. The molecule has 0 bridgehead atoms. The number of carbonyl (C=O) groups excluding carboxylic acids is 1.